The maximum atomic E-state index is 7.00. The van der Waals surface area contributed by atoms with Gasteiger partial charge in [0.05, 0.1) is 0 Å². The second-order valence-electron chi connectivity index (χ2n) is 1.77. The third kappa shape index (κ3) is 11.5. The average Bonchev–Trinajstić information content (AvgIpc) is 2.51. The lowest BCUT2D eigenvalue weighted by Crippen LogP contribution is -1.47. The zero-order valence-electron chi connectivity index (χ0n) is 6.43. The van der Waals surface area contributed by atoms with Crippen molar-refractivity contribution in [2.24, 2.45) is 0 Å². The molecule has 1 rings (SSSR count). The largest absolute Gasteiger partial charge is 0.400 e. The van der Waals surface area contributed by atoms with Gasteiger partial charge in [-0.15, -0.1) is 0 Å². The van der Waals surface area contributed by atoms with E-state index in [1.165, 1.54) is 32.1 Å². The minimum atomic E-state index is 1.00. The van der Waals surface area contributed by atoms with Crippen LogP contribution in [0.3, 0.4) is 0 Å². The van der Waals surface area contributed by atoms with Crippen LogP contribution >= 0.6 is 0 Å². The van der Waals surface area contributed by atoms with Crippen LogP contribution in [-0.4, -0.2) is 24.4 Å². The molecule has 9 heavy (non-hydrogen) atoms. The van der Waals surface area contributed by atoms with Gasteiger partial charge in [0, 0.05) is 14.2 Å². The normalized spacial score (nSPS) is 14.7. The van der Waals surface area contributed by atoms with E-state index in [1.54, 1.807) is 0 Å². The van der Waals surface area contributed by atoms with Crippen molar-refractivity contribution in [3.05, 3.63) is 0 Å². The van der Waals surface area contributed by atoms with Crippen LogP contribution in [0.25, 0.3) is 0 Å². The Hall–Kier alpha value is -0.0800. The zero-order valence-corrected chi connectivity index (χ0v) is 6.43. The van der Waals surface area contributed by atoms with Crippen LogP contribution in [0.5, 0.6) is 0 Å². The van der Waals surface area contributed by atoms with Gasteiger partial charge >= 0.3 is 0 Å². The SMILES string of the molecule is C1CCCC1.CO.CO. The lowest BCUT2D eigenvalue weighted by Gasteiger charge is -1.67. The Morgan fingerprint density at radius 2 is 0.667 bits per heavy atom. The summed E-state index contributed by atoms with van der Waals surface area (Å²) in [7, 11) is 2.00. The fourth-order valence-corrected chi connectivity index (χ4v) is 0.884. The molecule has 0 saturated heterocycles. The molecule has 0 atom stereocenters. The van der Waals surface area contributed by atoms with Crippen molar-refractivity contribution in [1.29, 1.82) is 0 Å². The first-order valence-electron chi connectivity index (χ1n) is 3.39. The van der Waals surface area contributed by atoms with E-state index in [0.717, 1.165) is 14.2 Å². The second-order valence-corrected chi connectivity index (χ2v) is 1.77. The summed E-state index contributed by atoms with van der Waals surface area (Å²) in [6.07, 6.45) is 7.50. The van der Waals surface area contributed by atoms with E-state index in [9.17, 15) is 0 Å². The predicted molar refractivity (Wildman–Crippen MR) is 39.4 cm³/mol. The summed E-state index contributed by atoms with van der Waals surface area (Å²) in [4.78, 5) is 0. The van der Waals surface area contributed by atoms with Gasteiger partial charge in [-0.05, 0) is 0 Å². The second kappa shape index (κ2) is 15.7. The van der Waals surface area contributed by atoms with Crippen LogP contribution in [0.2, 0.25) is 0 Å². The van der Waals surface area contributed by atoms with E-state index in [-0.39, 0.29) is 0 Å². The van der Waals surface area contributed by atoms with Gasteiger partial charge in [0.25, 0.3) is 0 Å². The standard InChI is InChI=1S/C5H10.2CH4O/c1-2-4-5-3-1;2*1-2/h1-5H2;2*2H,1H3. The molecule has 0 amide bonds. The maximum Gasteiger partial charge on any atom is 0.0319 e. The molecule has 1 saturated carbocycles. The first kappa shape index (κ1) is 11.7. The van der Waals surface area contributed by atoms with Crippen LogP contribution in [0.4, 0.5) is 0 Å². The quantitative estimate of drug-likeness (QED) is 0.522. The lowest BCUT2D eigenvalue weighted by molar-refractivity contribution is 0.399. The molecule has 0 aromatic heterocycles. The molecule has 0 aliphatic heterocycles. The summed E-state index contributed by atoms with van der Waals surface area (Å²) in [6, 6.07) is 0. The van der Waals surface area contributed by atoms with E-state index in [0.29, 0.717) is 0 Å². The van der Waals surface area contributed by atoms with Crippen LogP contribution in [0.1, 0.15) is 32.1 Å². The van der Waals surface area contributed by atoms with E-state index in [1.807, 2.05) is 0 Å². The van der Waals surface area contributed by atoms with Crippen molar-refractivity contribution in [1.82, 2.24) is 0 Å². The molecular formula is C7H18O2. The molecule has 2 heteroatoms. The third-order valence-corrected chi connectivity index (χ3v) is 1.25. The molecule has 2 N–H and O–H groups in total. The minimum absolute atomic E-state index is 1.00. The van der Waals surface area contributed by atoms with E-state index in [4.69, 9.17) is 10.2 Å². The van der Waals surface area contributed by atoms with E-state index in [2.05, 4.69) is 0 Å². The van der Waals surface area contributed by atoms with Crippen LogP contribution in [0.15, 0.2) is 0 Å². The summed E-state index contributed by atoms with van der Waals surface area (Å²) < 4.78 is 0. The predicted octanol–water partition coefficient (Wildman–Crippen LogP) is 1.17. The van der Waals surface area contributed by atoms with Gasteiger partial charge in [0.15, 0.2) is 0 Å². The number of aliphatic hydroxyl groups is 2. The topological polar surface area (TPSA) is 40.5 Å². The molecular weight excluding hydrogens is 116 g/mol. The van der Waals surface area contributed by atoms with Crippen molar-refractivity contribution in [3.8, 4) is 0 Å². The Bertz CT molecular complexity index is 18.5. The minimum Gasteiger partial charge on any atom is -0.400 e. The van der Waals surface area contributed by atoms with Crippen molar-refractivity contribution in [3.63, 3.8) is 0 Å². The molecule has 2 nitrogen and oxygen atoms in total. The Balaban J connectivity index is 0. The van der Waals surface area contributed by atoms with Crippen molar-refractivity contribution >= 4 is 0 Å². The molecule has 0 aromatic carbocycles. The van der Waals surface area contributed by atoms with Crippen molar-refractivity contribution in [2.45, 2.75) is 32.1 Å². The lowest BCUT2D eigenvalue weighted by atomic mass is 10.4. The fourth-order valence-electron chi connectivity index (χ4n) is 0.884. The molecule has 58 valence electrons. The third-order valence-electron chi connectivity index (χ3n) is 1.25. The monoisotopic (exact) mass is 134 g/mol. The average molecular weight is 134 g/mol. The maximum absolute atomic E-state index is 7.00. The number of aliphatic hydroxyl groups excluding tert-OH is 2. The van der Waals surface area contributed by atoms with Crippen LogP contribution in [0, 0.1) is 0 Å². The Kier molecular flexibility index (Phi) is 20.3. The summed E-state index contributed by atoms with van der Waals surface area (Å²) in [5, 5.41) is 14.0. The van der Waals surface area contributed by atoms with Crippen LogP contribution < -0.4 is 0 Å². The van der Waals surface area contributed by atoms with E-state index >= 15 is 0 Å². The molecule has 1 aliphatic carbocycles. The Morgan fingerprint density at radius 3 is 0.778 bits per heavy atom. The summed E-state index contributed by atoms with van der Waals surface area (Å²) in [6.45, 7) is 0. The molecule has 0 spiro atoms. The molecule has 0 unspecified atom stereocenters. The van der Waals surface area contributed by atoms with Gasteiger partial charge in [0.2, 0.25) is 0 Å². The molecule has 0 aromatic rings. The highest BCUT2D eigenvalue weighted by Crippen LogP contribution is 2.15. The van der Waals surface area contributed by atoms with Gasteiger partial charge in [0.1, 0.15) is 0 Å². The highest BCUT2D eigenvalue weighted by Gasteiger charge is 1.95. The van der Waals surface area contributed by atoms with Crippen LogP contribution in [-0.2, 0) is 0 Å². The molecule has 0 radical (unpaired) electrons. The van der Waals surface area contributed by atoms with E-state index < -0.39 is 0 Å². The van der Waals surface area contributed by atoms with Gasteiger partial charge in [-0.2, -0.15) is 0 Å². The van der Waals surface area contributed by atoms with Gasteiger partial charge in [-0.1, -0.05) is 32.1 Å². The van der Waals surface area contributed by atoms with Gasteiger partial charge < -0.3 is 10.2 Å². The van der Waals surface area contributed by atoms with Crippen molar-refractivity contribution < 1.29 is 10.2 Å². The molecule has 1 aliphatic rings. The fraction of sp³-hybridized carbons (Fsp3) is 1.00. The number of hydrogen-bond acceptors (Lipinski definition) is 2. The zero-order chi connectivity index (χ0) is 7.54. The van der Waals surface area contributed by atoms with Crippen molar-refractivity contribution in [2.75, 3.05) is 14.2 Å². The highest BCUT2D eigenvalue weighted by atomic mass is 16.2. The number of rotatable bonds is 0. The summed E-state index contributed by atoms with van der Waals surface area (Å²) in [5.41, 5.74) is 0. The molecule has 1 fully saturated rings. The van der Waals surface area contributed by atoms with Gasteiger partial charge in [-0.3, -0.25) is 0 Å². The first-order chi connectivity index (χ1) is 4.50. The molecule has 0 bridgehead atoms. The Morgan fingerprint density at radius 1 is 0.556 bits per heavy atom. The molecule has 0 heterocycles. The first-order valence-corrected chi connectivity index (χ1v) is 3.39. The van der Waals surface area contributed by atoms with Gasteiger partial charge in [-0.25, -0.2) is 0 Å². The summed E-state index contributed by atoms with van der Waals surface area (Å²) >= 11 is 0. The Labute approximate surface area is 57.5 Å². The summed E-state index contributed by atoms with van der Waals surface area (Å²) in [5.74, 6) is 0. The highest BCUT2D eigenvalue weighted by molar-refractivity contribution is 4.51. The smallest absolute Gasteiger partial charge is 0.0319 e. The number of hydrogen-bond donors (Lipinski definition) is 2.